The Hall–Kier alpha value is -3.24. The van der Waals surface area contributed by atoms with Crippen LogP contribution in [0.4, 0.5) is 13.6 Å². The minimum atomic E-state index is -2.93. The number of rotatable bonds is 16. The van der Waals surface area contributed by atoms with Crippen molar-refractivity contribution in [2.24, 2.45) is 0 Å². The number of aliphatic carboxylic acids is 1. The number of nitrogens with zero attached hydrogens (tertiary/aromatic N) is 1. The monoisotopic (exact) mass is 551 g/mol. The molecule has 0 bridgehead atoms. The molecule has 2 rings (SSSR count). The van der Waals surface area contributed by atoms with Gasteiger partial charge in [-0.15, -0.1) is 0 Å². The van der Waals surface area contributed by atoms with E-state index in [1.165, 1.54) is 11.8 Å². The number of ether oxygens (including phenoxy) is 4. The van der Waals surface area contributed by atoms with Gasteiger partial charge in [-0.1, -0.05) is 25.1 Å². The summed E-state index contributed by atoms with van der Waals surface area (Å²) in [7, 11) is 0. The molecule has 0 aliphatic rings. The zero-order valence-corrected chi connectivity index (χ0v) is 23.3. The SMILES string of the molecule is CCOC(Cc1ccc(OCCN(CCOCC(F)(F)CC)C(=O)Oc2cc(C)c(C)cc2C)cc1)C(=O)O. The van der Waals surface area contributed by atoms with Crippen LogP contribution in [0.5, 0.6) is 11.5 Å². The highest BCUT2D eigenvalue weighted by atomic mass is 19.3. The van der Waals surface area contributed by atoms with Crippen LogP contribution in [0.1, 0.15) is 42.5 Å². The van der Waals surface area contributed by atoms with Gasteiger partial charge in [-0.2, -0.15) is 0 Å². The quantitative estimate of drug-likeness (QED) is 0.272. The van der Waals surface area contributed by atoms with E-state index in [0.29, 0.717) is 18.1 Å². The summed E-state index contributed by atoms with van der Waals surface area (Å²) in [4.78, 5) is 25.7. The molecule has 8 nitrogen and oxygen atoms in total. The Morgan fingerprint density at radius 2 is 1.62 bits per heavy atom. The van der Waals surface area contributed by atoms with Gasteiger partial charge >= 0.3 is 12.1 Å². The zero-order chi connectivity index (χ0) is 29.0. The van der Waals surface area contributed by atoms with E-state index in [1.807, 2.05) is 26.8 Å². The van der Waals surface area contributed by atoms with Crippen molar-refractivity contribution >= 4 is 12.1 Å². The number of carboxylic acid groups (broad SMARTS) is 1. The predicted octanol–water partition coefficient (Wildman–Crippen LogP) is 5.59. The van der Waals surface area contributed by atoms with Crippen molar-refractivity contribution in [2.75, 3.05) is 39.5 Å². The molecule has 0 aliphatic carbocycles. The summed E-state index contributed by atoms with van der Waals surface area (Å²) in [6.07, 6.45) is -1.68. The van der Waals surface area contributed by atoms with Gasteiger partial charge in [-0.25, -0.2) is 18.4 Å². The molecule has 0 aliphatic heterocycles. The number of hydrogen-bond acceptors (Lipinski definition) is 6. The Kier molecular flexibility index (Phi) is 12.6. The van der Waals surface area contributed by atoms with E-state index in [4.69, 9.17) is 18.9 Å². The first kappa shape index (κ1) is 32.0. The lowest BCUT2D eigenvalue weighted by Gasteiger charge is -2.23. The van der Waals surface area contributed by atoms with Gasteiger partial charge in [0.1, 0.15) is 24.7 Å². The predicted molar refractivity (Wildman–Crippen MR) is 143 cm³/mol. The molecule has 0 spiro atoms. The molecular weight excluding hydrogens is 512 g/mol. The van der Waals surface area contributed by atoms with Gasteiger partial charge in [0.25, 0.3) is 5.92 Å². The maximum Gasteiger partial charge on any atom is 0.415 e. The van der Waals surface area contributed by atoms with Crippen LogP contribution in [-0.2, 0) is 20.7 Å². The van der Waals surface area contributed by atoms with Crippen molar-refractivity contribution in [2.45, 2.75) is 59.5 Å². The van der Waals surface area contributed by atoms with Crippen molar-refractivity contribution < 1.29 is 42.4 Å². The topological polar surface area (TPSA) is 94.5 Å². The minimum Gasteiger partial charge on any atom is -0.492 e. The molecule has 0 aromatic heterocycles. The molecule has 2 aromatic carbocycles. The number of amides is 1. The molecule has 2 aromatic rings. The first-order valence-corrected chi connectivity index (χ1v) is 13.0. The molecule has 1 unspecified atom stereocenters. The smallest absolute Gasteiger partial charge is 0.415 e. The lowest BCUT2D eigenvalue weighted by atomic mass is 10.1. The lowest BCUT2D eigenvalue weighted by molar-refractivity contribution is -0.149. The van der Waals surface area contributed by atoms with Gasteiger partial charge in [-0.05, 0) is 68.1 Å². The number of hydrogen-bond donors (Lipinski definition) is 1. The number of carbonyl (C=O) groups excluding carboxylic acids is 1. The first-order chi connectivity index (χ1) is 18.5. The highest BCUT2D eigenvalue weighted by Crippen LogP contribution is 2.23. The molecule has 0 fully saturated rings. The molecule has 1 N–H and O–H groups in total. The summed E-state index contributed by atoms with van der Waals surface area (Å²) < 4.78 is 48.8. The van der Waals surface area contributed by atoms with Gasteiger partial charge in [0.15, 0.2) is 6.10 Å². The summed E-state index contributed by atoms with van der Waals surface area (Å²) in [6.45, 7) is 8.62. The Bertz CT molecular complexity index is 1080. The largest absolute Gasteiger partial charge is 0.492 e. The molecular formula is C29H39F2NO7. The molecule has 0 saturated heterocycles. The lowest BCUT2D eigenvalue weighted by Crippen LogP contribution is -2.39. The van der Waals surface area contributed by atoms with E-state index in [0.717, 1.165) is 22.3 Å². The highest BCUT2D eigenvalue weighted by Gasteiger charge is 2.26. The molecule has 0 saturated carbocycles. The Morgan fingerprint density at radius 3 is 2.23 bits per heavy atom. The standard InChI is InChI=1S/C29H39F2NO7/c1-6-29(30,31)19-36-14-12-32(28(35)39-25-17-21(4)20(3)16-22(25)5)13-15-38-24-10-8-23(9-11-24)18-26(27(33)34)37-7-2/h8-11,16-17,26H,6-7,12-15,18-19H2,1-5H3,(H,33,34). The average molecular weight is 552 g/mol. The number of benzene rings is 2. The van der Waals surface area contributed by atoms with E-state index in [9.17, 15) is 23.5 Å². The highest BCUT2D eigenvalue weighted by molar-refractivity contribution is 5.73. The summed E-state index contributed by atoms with van der Waals surface area (Å²) in [5.74, 6) is -3.00. The number of aryl methyl sites for hydroxylation is 3. The van der Waals surface area contributed by atoms with Crippen LogP contribution in [0.15, 0.2) is 36.4 Å². The number of carbonyl (C=O) groups is 2. The third kappa shape index (κ3) is 10.8. The second-order valence-corrected chi connectivity index (χ2v) is 9.30. The minimum absolute atomic E-state index is 0.0405. The average Bonchev–Trinajstić information content (AvgIpc) is 2.89. The fraction of sp³-hybridized carbons (Fsp3) is 0.517. The third-order valence-electron chi connectivity index (χ3n) is 6.20. The van der Waals surface area contributed by atoms with Gasteiger partial charge in [0, 0.05) is 26.0 Å². The van der Waals surface area contributed by atoms with Crippen LogP contribution >= 0.6 is 0 Å². The Morgan fingerprint density at radius 1 is 0.974 bits per heavy atom. The normalized spacial score (nSPS) is 12.2. The van der Waals surface area contributed by atoms with E-state index in [1.54, 1.807) is 37.3 Å². The fourth-order valence-electron chi connectivity index (χ4n) is 3.62. The van der Waals surface area contributed by atoms with Crippen LogP contribution in [-0.4, -0.2) is 73.6 Å². The Balaban J connectivity index is 2.00. The number of carboxylic acids is 1. The van der Waals surface area contributed by atoms with E-state index >= 15 is 0 Å². The number of alkyl halides is 2. The maximum atomic E-state index is 13.5. The van der Waals surface area contributed by atoms with Crippen LogP contribution < -0.4 is 9.47 Å². The summed E-state index contributed by atoms with van der Waals surface area (Å²) >= 11 is 0. The fourth-order valence-corrected chi connectivity index (χ4v) is 3.62. The molecule has 1 atom stereocenters. The molecule has 39 heavy (non-hydrogen) atoms. The first-order valence-electron chi connectivity index (χ1n) is 13.0. The van der Waals surface area contributed by atoms with Gasteiger partial charge < -0.3 is 29.0 Å². The molecule has 0 heterocycles. The summed E-state index contributed by atoms with van der Waals surface area (Å²) in [5.41, 5.74) is 3.63. The van der Waals surface area contributed by atoms with Gasteiger partial charge in [-0.3, -0.25) is 0 Å². The van der Waals surface area contributed by atoms with Crippen molar-refractivity contribution in [3.8, 4) is 11.5 Å². The second-order valence-electron chi connectivity index (χ2n) is 9.30. The molecule has 10 heteroatoms. The van der Waals surface area contributed by atoms with Crippen molar-refractivity contribution in [1.29, 1.82) is 0 Å². The van der Waals surface area contributed by atoms with E-state index in [2.05, 4.69) is 0 Å². The van der Waals surface area contributed by atoms with E-state index < -0.39 is 30.7 Å². The van der Waals surface area contributed by atoms with Crippen LogP contribution in [0.2, 0.25) is 0 Å². The summed E-state index contributed by atoms with van der Waals surface area (Å²) in [5, 5.41) is 9.26. The second kappa shape index (κ2) is 15.4. The Labute approximate surface area is 228 Å². The van der Waals surface area contributed by atoms with Gasteiger partial charge in [0.2, 0.25) is 0 Å². The van der Waals surface area contributed by atoms with Gasteiger partial charge in [0.05, 0.1) is 13.2 Å². The summed E-state index contributed by atoms with van der Waals surface area (Å²) in [6, 6.07) is 10.6. The van der Waals surface area contributed by atoms with Crippen molar-refractivity contribution in [3.05, 3.63) is 58.7 Å². The molecule has 1 amide bonds. The van der Waals surface area contributed by atoms with Crippen LogP contribution in [0.25, 0.3) is 0 Å². The number of halogens is 2. The van der Waals surface area contributed by atoms with Crippen molar-refractivity contribution in [1.82, 2.24) is 4.90 Å². The molecule has 216 valence electrons. The van der Waals surface area contributed by atoms with E-state index in [-0.39, 0.29) is 39.1 Å². The van der Waals surface area contributed by atoms with Crippen LogP contribution in [0.3, 0.4) is 0 Å². The maximum absolute atomic E-state index is 13.5. The third-order valence-corrected chi connectivity index (χ3v) is 6.20. The van der Waals surface area contributed by atoms with Crippen molar-refractivity contribution in [3.63, 3.8) is 0 Å². The zero-order valence-electron chi connectivity index (χ0n) is 23.3. The van der Waals surface area contributed by atoms with Crippen LogP contribution in [0, 0.1) is 20.8 Å². The molecule has 0 radical (unpaired) electrons.